The normalized spacial score (nSPS) is 11.8. The van der Waals surface area contributed by atoms with Crippen molar-refractivity contribution in [2.45, 2.75) is 19.9 Å². The van der Waals surface area contributed by atoms with Crippen LogP contribution in [0.2, 0.25) is 0 Å². The maximum absolute atomic E-state index is 13.9. The number of rotatable bonds is 7. The van der Waals surface area contributed by atoms with E-state index >= 15 is 0 Å². The highest BCUT2D eigenvalue weighted by Gasteiger charge is 2.26. The van der Waals surface area contributed by atoms with Crippen molar-refractivity contribution in [3.8, 4) is 17.0 Å². The van der Waals surface area contributed by atoms with E-state index in [1.165, 1.54) is 29.5 Å². The Morgan fingerprint density at radius 2 is 1.80 bits per heavy atom. The van der Waals surface area contributed by atoms with Crippen molar-refractivity contribution in [2.24, 2.45) is 5.92 Å². The quantitative estimate of drug-likeness (QED) is 0.587. The van der Waals surface area contributed by atoms with Gasteiger partial charge in [0.25, 0.3) is 5.91 Å². The molecule has 30 heavy (non-hydrogen) atoms. The van der Waals surface area contributed by atoms with Crippen molar-refractivity contribution in [3.63, 3.8) is 0 Å². The van der Waals surface area contributed by atoms with E-state index < -0.39 is 23.7 Å². The average Bonchev–Trinajstić information content (AvgIpc) is 3.20. The van der Waals surface area contributed by atoms with Gasteiger partial charge in [-0.1, -0.05) is 26.0 Å². The van der Waals surface area contributed by atoms with Crippen LogP contribution in [0.15, 0.2) is 53.9 Å². The molecule has 0 saturated heterocycles. The van der Waals surface area contributed by atoms with E-state index in [1.807, 2.05) is 29.6 Å². The molecule has 6 nitrogen and oxygen atoms in total. The zero-order chi connectivity index (χ0) is 21.7. The summed E-state index contributed by atoms with van der Waals surface area (Å²) in [5, 5.41) is 7.61. The fourth-order valence-corrected chi connectivity index (χ4v) is 3.53. The van der Waals surface area contributed by atoms with Crippen molar-refractivity contribution in [3.05, 3.63) is 65.3 Å². The number of ether oxygens (including phenoxy) is 1. The van der Waals surface area contributed by atoms with Gasteiger partial charge in [0.15, 0.2) is 5.13 Å². The second-order valence-corrected chi connectivity index (χ2v) is 7.79. The Balaban J connectivity index is 1.70. The molecule has 0 aliphatic rings. The number of hydrogen-bond acceptors (Lipinski definition) is 5. The van der Waals surface area contributed by atoms with E-state index in [-0.39, 0.29) is 11.5 Å². The lowest BCUT2D eigenvalue weighted by Crippen LogP contribution is -2.47. The Bertz CT molecular complexity index is 1030. The first-order valence-corrected chi connectivity index (χ1v) is 10.2. The molecule has 2 N–H and O–H groups in total. The predicted octanol–water partition coefficient (Wildman–Crippen LogP) is 4.35. The molecule has 1 atom stereocenters. The smallest absolute Gasteiger partial charge is 0.254 e. The number of amides is 2. The maximum Gasteiger partial charge on any atom is 0.254 e. The highest BCUT2D eigenvalue weighted by atomic mass is 32.1. The maximum atomic E-state index is 13.9. The minimum absolute atomic E-state index is 0.105. The number of nitrogens with one attached hydrogen (secondary N) is 2. The van der Waals surface area contributed by atoms with Gasteiger partial charge >= 0.3 is 0 Å². The lowest BCUT2D eigenvalue weighted by Gasteiger charge is -2.21. The predicted molar refractivity (Wildman–Crippen MR) is 115 cm³/mol. The molecular formula is C22H22FN3O3S. The van der Waals surface area contributed by atoms with Gasteiger partial charge in [0.05, 0.1) is 18.4 Å². The van der Waals surface area contributed by atoms with Gasteiger partial charge < -0.3 is 15.4 Å². The Hall–Kier alpha value is -3.26. The molecule has 0 saturated carbocycles. The van der Waals surface area contributed by atoms with Crippen molar-refractivity contribution in [1.29, 1.82) is 0 Å². The topological polar surface area (TPSA) is 80.3 Å². The van der Waals surface area contributed by atoms with Crippen LogP contribution in [0, 0.1) is 11.7 Å². The van der Waals surface area contributed by atoms with Crippen LogP contribution < -0.4 is 15.4 Å². The van der Waals surface area contributed by atoms with Crippen LogP contribution in [0.4, 0.5) is 9.52 Å². The van der Waals surface area contributed by atoms with Crippen LogP contribution in [-0.4, -0.2) is 29.9 Å². The first kappa shape index (κ1) is 21.4. The van der Waals surface area contributed by atoms with Crippen LogP contribution in [0.25, 0.3) is 11.3 Å². The zero-order valence-electron chi connectivity index (χ0n) is 16.8. The van der Waals surface area contributed by atoms with Crippen LogP contribution in [0.1, 0.15) is 24.2 Å². The Kier molecular flexibility index (Phi) is 6.79. The van der Waals surface area contributed by atoms with Gasteiger partial charge in [-0.25, -0.2) is 9.37 Å². The van der Waals surface area contributed by atoms with Crippen LogP contribution in [0.3, 0.4) is 0 Å². The standard InChI is InChI=1S/C22H22FN3O3S/c1-13(2)19(25-20(27)16-6-4-5-7-17(16)23)21(28)26-22-24-18(12-30-22)14-8-10-15(29-3)11-9-14/h4-13,19H,1-3H3,(H,25,27)(H,24,26,28)/t19-/m0/s1. The Morgan fingerprint density at radius 1 is 1.10 bits per heavy atom. The molecule has 3 aromatic rings. The summed E-state index contributed by atoms with van der Waals surface area (Å²) in [6.45, 7) is 3.60. The molecule has 1 aromatic heterocycles. The third-order valence-corrected chi connectivity index (χ3v) is 5.23. The highest BCUT2D eigenvalue weighted by molar-refractivity contribution is 7.14. The van der Waals surface area contributed by atoms with E-state index in [9.17, 15) is 14.0 Å². The number of thiazole rings is 1. The number of carbonyl (C=O) groups is 2. The van der Waals surface area contributed by atoms with E-state index in [0.717, 1.165) is 17.0 Å². The molecule has 3 rings (SSSR count). The summed E-state index contributed by atoms with van der Waals surface area (Å²) in [6.07, 6.45) is 0. The van der Waals surface area contributed by atoms with Crippen molar-refractivity contribution < 1.29 is 18.7 Å². The number of halogens is 1. The molecule has 2 aromatic carbocycles. The third-order valence-electron chi connectivity index (χ3n) is 4.47. The lowest BCUT2D eigenvalue weighted by molar-refractivity contribution is -0.118. The molecule has 0 radical (unpaired) electrons. The van der Waals surface area contributed by atoms with Crippen LogP contribution in [0.5, 0.6) is 5.75 Å². The fraction of sp³-hybridized carbons (Fsp3) is 0.227. The largest absolute Gasteiger partial charge is 0.497 e. The van der Waals surface area contributed by atoms with E-state index in [0.29, 0.717) is 5.13 Å². The first-order chi connectivity index (χ1) is 14.4. The summed E-state index contributed by atoms with van der Waals surface area (Å²) in [4.78, 5) is 29.6. The van der Waals surface area contributed by atoms with Crippen LogP contribution >= 0.6 is 11.3 Å². The summed E-state index contributed by atoms with van der Waals surface area (Å²) in [6, 6.07) is 12.2. The number of hydrogen-bond donors (Lipinski definition) is 2. The highest BCUT2D eigenvalue weighted by Crippen LogP contribution is 2.26. The number of methoxy groups -OCH3 is 1. The molecule has 0 unspecified atom stereocenters. The van der Waals surface area contributed by atoms with Crippen molar-refractivity contribution in [1.82, 2.24) is 10.3 Å². The van der Waals surface area contributed by atoms with E-state index in [2.05, 4.69) is 15.6 Å². The fourth-order valence-electron chi connectivity index (χ4n) is 2.81. The molecule has 2 amide bonds. The Morgan fingerprint density at radius 3 is 2.43 bits per heavy atom. The number of nitrogens with zero attached hydrogens (tertiary/aromatic N) is 1. The summed E-state index contributed by atoms with van der Waals surface area (Å²) in [5.74, 6) is -1.15. The van der Waals surface area contributed by atoms with Gasteiger partial charge in [-0.05, 0) is 42.3 Å². The molecule has 8 heteroatoms. The first-order valence-electron chi connectivity index (χ1n) is 9.35. The zero-order valence-corrected chi connectivity index (χ0v) is 17.6. The SMILES string of the molecule is COc1ccc(-c2csc(NC(=O)[C@@H](NC(=O)c3ccccc3F)C(C)C)n2)cc1. The second kappa shape index (κ2) is 9.49. The molecule has 0 aliphatic carbocycles. The van der Waals surface area contributed by atoms with Gasteiger partial charge in [-0.15, -0.1) is 11.3 Å². The minimum Gasteiger partial charge on any atom is -0.497 e. The van der Waals surface area contributed by atoms with E-state index in [1.54, 1.807) is 27.0 Å². The minimum atomic E-state index is -0.842. The molecular weight excluding hydrogens is 405 g/mol. The number of anilines is 1. The summed E-state index contributed by atoms with van der Waals surface area (Å²) in [5.41, 5.74) is 1.50. The average molecular weight is 428 g/mol. The van der Waals surface area contributed by atoms with E-state index in [4.69, 9.17) is 4.74 Å². The summed E-state index contributed by atoms with van der Waals surface area (Å²) >= 11 is 1.28. The third kappa shape index (κ3) is 5.01. The molecule has 0 fully saturated rings. The lowest BCUT2D eigenvalue weighted by atomic mass is 10.0. The van der Waals surface area contributed by atoms with Gasteiger partial charge in [-0.3, -0.25) is 9.59 Å². The molecule has 0 aliphatic heterocycles. The number of benzene rings is 2. The molecule has 0 spiro atoms. The van der Waals surface area contributed by atoms with Gasteiger partial charge in [0.1, 0.15) is 17.6 Å². The summed E-state index contributed by atoms with van der Waals surface area (Å²) < 4.78 is 19.0. The second-order valence-electron chi connectivity index (χ2n) is 6.93. The molecule has 156 valence electrons. The number of carbonyl (C=O) groups excluding carboxylic acids is 2. The van der Waals surface area contributed by atoms with Gasteiger partial charge in [0, 0.05) is 10.9 Å². The molecule has 0 bridgehead atoms. The molecule has 1 heterocycles. The van der Waals surface area contributed by atoms with Crippen molar-refractivity contribution in [2.75, 3.05) is 12.4 Å². The van der Waals surface area contributed by atoms with Crippen molar-refractivity contribution >= 4 is 28.3 Å². The van der Waals surface area contributed by atoms with Gasteiger partial charge in [-0.2, -0.15) is 0 Å². The van der Waals surface area contributed by atoms with Gasteiger partial charge in [0.2, 0.25) is 5.91 Å². The number of aromatic nitrogens is 1. The Labute approximate surface area is 178 Å². The summed E-state index contributed by atoms with van der Waals surface area (Å²) in [7, 11) is 1.60. The van der Waals surface area contributed by atoms with Crippen LogP contribution in [-0.2, 0) is 4.79 Å². The monoisotopic (exact) mass is 427 g/mol.